The maximum Gasteiger partial charge on any atom is 0.126 e. The highest BCUT2D eigenvalue weighted by atomic mass is 19.1. The molecule has 2 fully saturated rings. The largest absolute Gasteiger partial charge is 0.311 e. The zero-order valence-corrected chi connectivity index (χ0v) is 9.51. The minimum Gasteiger partial charge on any atom is -0.311 e. The Morgan fingerprint density at radius 2 is 2.12 bits per heavy atom. The second kappa shape index (κ2) is 3.85. The summed E-state index contributed by atoms with van der Waals surface area (Å²) in [7, 11) is 0. The summed E-state index contributed by atoms with van der Waals surface area (Å²) in [4.78, 5) is 0. The van der Waals surface area contributed by atoms with Gasteiger partial charge in [0.25, 0.3) is 0 Å². The van der Waals surface area contributed by atoms with Gasteiger partial charge >= 0.3 is 0 Å². The quantitative estimate of drug-likeness (QED) is 0.824. The highest BCUT2D eigenvalue weighted by molar-refractivity contribution is 5.22. The first-order chi connectivity index (χ1) is 7.80. The predicted octanol–water partition coefficient (Wildman–Crippen LogP) is 2.90. The molecule has 0 aromatic heterocycles. The summed E-state index contributed by atoms with van der Waals surface area (Å²) in [6, 6.07) is 7.21. The number of benzene rings is 1. The van der Waals surface area contributed by atoms with Gasteiger partial charge in [-0.15, -0.1) is 0 Å². The van der Waals surface area contributed by atoms with Crippen LogP contribution in [0.25, 0.3) is 0 Å². The zero-order chi connectivity index (χ0) is 11.0. The molecular weight excluding hydrogens is 201 g/mol. The van der Waals surface area contributed by atoms with Crippen molar-refractivity contribution in [2.75, 3.05) is 6.54 Å². The average Bonchev–Trinajstić information content (AvgIpc) is 3.05. The molecule has 1 atom stereocenters. The Balaban J connectivity index is 1.84. The van der Waals surface area contributed by atoms with Crippen molar-refractivity contribution < 1.29 is 4.39 Å². The van der Waals surface area contributed by atoms with Gasteiger partial charge < -0.3 is 5.32 Å². The molecule has 1 saturated heterocycles. The third-order valence-electron chi connectivity index (χ3n) is 4.10. The van der Waals surface area contributed by atoms with Crippen LogP contribution < -0.4 is 5.32 Å². The van der Waals surface area contributed by atoms with Crippen molar-refractivity contribution in [3.05, 3.63) is 35.6 Å². The third kappa shape index (κ3) is 1.75. The van der Waals surface area contributed by atoms with E-state index in [0.29, 0.717) is 0 Å². The summed E-state index contributed by atoms with van der Waals surface area (Å²) in [6.07, 6.45) is 5.96. The van der Waals surface area contributed by atoms with Gasteiger partial charge in [0.1, 0.15) is 5.82 Å². The number of hydrogen-bond donors (Lipinski definition) is 1. The molecule has 1 aromatic rings. The smallest absolute Gasteiger partial charge is 0.126 e. The van der Waals surface area contributed by atoms with Crippen molar-refractivity contribution in [3.63, 3.8) is 0 Å². The van der Waals surface area contributed by atoms with E-state index in [1.807, 2.05) is 12.1 Å². The van der Waals surface area contributed by atoms with Crippen LogP contribution in [0.4, 0.5) is 4.39 Å². The molecule has 86 valence electrons. The molecule has 2 heteroatoms. The summed E-state index contributed by atoms with van der Waals surface area (Å²) in [6.45, 7) is 1.10. The molecule has 0 radical (unpaired) electrons. The van der Waals surface area contributed by atoms with Crippen LogP contribution in [0, 0.1) is 11.7 Å². The second-order valence-electron chi connectivity index (χ2n) is 5.23. The molecular formula is C14H18FN. The van der Waals surface area contributed by atoms with Crippen molar-refractivity contribution in [2.24, 2.45) is 5.92 Å². The number of halogens is 1. The van der Waals surface area contributed by atoms with Crippen LogP contribution in [0.5, 0.6) is 0 Å². The Labute approximate surface area is 96.1 Å². The van der Waals surface area contributed by atoms with E-state index in [0.717, 1.165) is 24.4 Å². The van der Waals surface area contributed by atoms with E-state index in [9.17, 15) is 4.39 Å². The molecule has 2 aliphatic rings. The fourth-order valence-corrected chi connectivity index (χ4v) is 3.09. The van der Waals surface area contributed by atoms with E-state index in [1.165, 1.54) is 25.7 Å². The van der Waals surface area contributed by atoms with Gasteiger partial charge in [0.15, 0.2) is 0 Å². The van der Waals surface area contributed by atoms with Crippen molar-refractivity contribution in [2.45, 2.75) is 37.6 Å². The monoisotopic (exact) mass is 219 g/mol. The van der Waals surface area contributed by atoms with E-state index in [4.69, 9.17) is 0 Å². The average molecular weight is 219 g/mol. The van der Waals surface area contributed by atoms with Crippen molar-refractivity contribution >= 4 is 0 Å². The van der Waals surface area contributed by atoms with Crippen LogP contribution in [-0.2, 0) is 6.42 Å². The zero-order valence-electron chi connectivity index (χ0n) is 9.51. The van der Waals surface area contributed by atoms with E-state index in [-0.39, 0.29) is 11.4 Å². The minimum absolute atomic E-state index is 0.0452. The highest BCUT2D eigenvalue weighted by Gasteiger charge is 2.46. The summed E-state index contributed by atoms with van der Waals surface area (Å²) in [5.74, 6) is 0.742. The Hall–Kier alpha value is -0.890. The highest BCUT2D eigenvalue weighted by Crippen LogP contribution is 2.45. The van der Waals surface area contributed by atoms with Gasteiger partial charge in [-0.25, -0.2) is 4.39 Å². The normalized spacial score (nSPS) is 29.6. The fraction of sp³-hybridized carbons (Fsp3) is 0.571. The number of rotatable bonds is 3. The Morgan fingerprint density at radius 3 is 2.75 bits per heavy atom. The van der Waals surface area contributed by atoms with Crippen LogP contribution >= 0.6 is 0 Å². The molecule has 1 heterocycles. The number of hydrogen-bond acceptors (Lipinski definition) is 1. The molecule has 1 saturated carbocycles. The van der Waals surface area contributed by atoms with Crippen molar-refractivity contribution in [3.8, 4) is 0 Å². The first-order valence-corrected chi connectivity index (χ1v) is 6.29. The maximum absolute atomic E-state index is 13.7. The van der Waals surface area contributed by atoms with E-state index < -0.39 is 0 Å². The van der Waals surface area contributed by atoms with Crippen LogP contribution in [0.15, 0.2) is 24.3 Å². The molecule has 1 aromatic carbocycles. The van der Waals surface area contributed by atoms with Gasteiger partial charge in [0.05, 0.1) is 0 Å². The van der Waals surface area contributed by atoms with Crippen LogP contribution in [0.3, 0.4) is 0 Å². The first kappa shape index (κ1) is 10.3. The van der Waals surface area contributed by atoms with E-state index >= 15 is 0 Å². The maximum atomic E-state index is 13.7. The molecule has 0 spiro atoms. The number of nitrogens with one attached hydrogen (secondary N) is 1. The molecule has 1 aliphatic heterocycles. The summed E-state index contributed by atoms with van der Waals surface area (Å²) in [5.41, 5.74) is 1.09. The molecule has 1 nitrogen and oxygen atoms in total. The molecule has 0 amide bonds. The standard InChI is InChI=1S/C14H18FN/c15-13-5-2-1-4-11(13)10-14(12-6-7-12)8-3-9-16-14/h1-2,4-5,12,16H,3,6-10H2. The Kier molecular flexibility index (Phi) is 2.47. The lowest BCUT2D eigenvalue weighted by Crippen LogP contribution is -2.44. The van der Waals surface area contributed by atoms with Gasteiger partial charge in [-0.3, -0.25) is 0 Å². The molecule has 1 aliphatic carbocycles. The lowest BCUT2D eigenvalue weighted by Gasteiger charge is -2.30. The summed E-state index contributed by atoms with van der Waals surface area (Å²) < 4.78 is 13.7. The van der Waals surface area contributed by atoms with Crippen molar-refractivity contribution in [1.82, 2.24) is 5.32 Å². The molecule has 1 N–H and O–H groups in total. The molecule has 0 bridgehead atoms. The molecule has 16 heavy (non-hydrogen) atoms. The predicted molar refractivity (Wildman–Crippen MR) is 62.8 cm³/mol. The van der Waals surface area contributed by atoms with Gasteiger partial charge in [-0.1, -0.05) is 18.2 Å². The lowest BCUT2D eigenvalue weighted by atomic mass is 9.84. The molecule has 3 rings (SSSR count). The SMILES string of the molecule is Fc1ccccc1CC1(C2CC2)CCCN1. The van der Waals surface area contributed by atoms with Gasteiger partial charge in [0.2, 0.25) is 0 Å². The van der Waals surface area contributed by atoms with E-state index in [2.05, 4.69) is 5.32 Å². The second-order valence-corrected chi connectivity index (χ2v) is 5.23. The van der Waals surface area contributed by atoms with Gasteiger partial charge in [-0.2, -0.15) is 0 Å². The van der Waals surface area contributed by atoms with Crippen LogP contribution in [-0.4, -0.2) is 12.1 Å². The Bertz CT molecular complexity index is 378. The Morgan fingerprint density at radius 1 is 1.31 bits per heavy atom. The molecule has 1 unspecified atom stereocenters. The van der Waals surface area contributed by atoms with Crippen LogP contribution in [0.2, 0.25) is 0 Å². The first-order valence-electron chi connectivity index (χ1n) is 6.29. The van der Waals surface area contributed by atoms with Crippen LogP contribution in [0.1, 0.15) is 31.2 Å². The lowest BCUT2D eigenvalue weighted by molar-refractivity contribution is 0.319. The third-order valence-corrected chi connectivity index (χ3v) is 4.10. The van der Waals surface area contributed by atoms with Gasteiger partial charge in [0, 0.05) is 5.54 Å². The fourth-order valence-electron chi connectivity index (χ4n) is 3.09. The van der Waals surface area contributed by atoms with Crippen molar-refractivity contribution in [1.29, 1.82) is 0 Å². The minimum atomic E-state index is -0.0452. The van der Waals surface area contributed by atoms with E-state index in [1.54, 1.807) is 12.1 Å². The van der Waals surface area contributed by atoms with Gasteiger partial charge in [-0.05, 0) is 56.2 Å². The summed E-state index contributed by atoms with van der Waals surface area (Å²) in [5, 5.41) is 3.64. The summed E-state index contributed by atoms with van der Waals surface area (Å²) >= 11 is 0. The topological polar surface area (TPSA) is 12.0 Å².